The zero-order valence-corrected chi connectivity index (χ0v) is 78.8. The van der Waals surface area contributed by atoms with Crippen LogP contribution in [0.1, 0.15) is 94.6 Å². The molecule has 21 aromatic rings. The van der Waals surface area contributed by atoms with Gasteiger partial charge in [0.05, 0.1) is 22.1 Å². The van der Waals surface area contributed by atoms with Crippen LogP contribution in [-0.2, 0) is 0 Å². The molecule has 0 bridgehead atoms. The Kier molecular flexibility index (Phi) is 24.9. The third kappa shape index (κ3) is 19.0. The van der Waals surface area contributed by atoms with Gasteiger partial charge in [-0.25, -0.2) is 44.9 Å². The summed E-state index contributed by atoms with van der Waals surface area (Å²) in [4.78, 5) is 43.7. The molecule has 0 saturated carbocycles. The predicted molar refractivity (Wildman–Crippen MR) is 555 cm³/mol. The van der Waals surface area contributed by atoms with Crippen LogP contribution in [0.25, 0.3) is 180 Å². The van der Waals surface area contributed by atoms with Crippen molar-refractivity contribution in [1.29, 1.82) is 0 Å². The minimum Gasteiger partial charge on any atom is -0.309 e. The monoisotopic (exact) mass is 1730 g/mol. The first-order valence-electron chi connectivity index (χ1n) is 45.6. The normalized spacial score (nSPS) is 11.2. The first-order valence-corrected chi connectivity index (χ1v) is 45.6. The average molecular weight is 1730 g/mol. The van der Waals surface area contributed by atoms with E-state index in [9.17, 15) is 0 Å². The van der Waals surface area contributed by atoms with E-state index in [1.807, 2.05) is 24.3 Å². The third-order valence-corrected chi connectivity index (χ3v) is 25.2. The van der Waals surface area contributed by atoms with E-state index >= 15 is 0 Å². The van der Waals surface area contributed by atoms with Gasteiger partial charge in [-0.1, -0.05) is 305 Å². The topological polar surface area (TPSA) is 126 Å². The van der Waals surface area contributed by atoms with Gasteiger partial charge in [-0.2, -0.15) is 0 Å². The lowest BCUT2D eigenvalue weighted by molar-refractivity contribution is 1.07. The van der Waals surface area contributed by atoms with Gasteiger partial charge in [-0.05, 0) is 269 Å². The molecule has 0 radical (unpaired) electrons. The second-order valence-electron chi connectivity index (χ2n) is 35.8. The lowest BCUT2D eigenvalue weighted by Gasteiger charge is -2.13. The molecule has 0 N–H and O–H groups in total. The summed E-state index contributed by atoms with van der Waals surface area (Å²) in [5.41, 5.74) is 42.4. The van der Waals surface area contributed by atoms with E-state index in [0.29, 0.717) is 52.4 Å². The molecule has 0 amide bonds. The molecule has 0 aliphatic carbocycles. The van der Waals surface area contributed by atoms with Crippen molar-refractivity contribution in [2.24, 2.45) is 0 Å². The van der Waals surface area contributed by atoms with Crippen LogP contribution in [0, 0.1) is 118 Å². The number of hydrogen-bond acceptors (Lipinski definition) is 9. The highest BCUT2D eigenvalue weighted by molar-refractivity contribution is 6.11. The maximum atomic E-state index is 4.99. The van der Waals surface area contributed by atoms with Crippen molar-refractivity contribution >= 4 is 43.6 Å². The number of para-hydroxylation sites is 2. The van der Waals surface area contributed by atoms with Gasteiger partial charge in [0.25, 0.3) is 0 Å². The van der Waals surface area contributed by atoms with Crippen LogP contribution >= 0.6 is 0 Å². The Morgan fingerprint density at radius 3 is 0.677 bits per heavy atom. The minimum absolute atomic E-state index is 0.666. The van der Waals surface area contributed by atoms with E-state index < -0.39 is 0 Å². The highest BCUT2D eigenvalue weighted by atomic mass is 15.1. The van der Waals surface area contributed by atoms with Crippen LogP contribution in [0.2, 0.25) is 0 Å². The van der Waals surface area contributed by atoms with Gasteiger partial charge in [0.2, 0.25) is 0 Å². The number of rotatable bonds is 13. The lowest BCUT2D eigenvalue weighted by Crippen LogP contribution is -2.01. The van der Waals surface area contributed by atoms with Crippen molar-refractivity contribution in [3.63, 3.8) is 0 Å². The Morgan fingerprint density at radius 2 is 0.383 bits per heavy atom. The molecule has 0 unspecified atom stereocenters. The van der Waals surface area contributed by atoms with E-state index in [-0.39, 0.29) is 0 Å². The van der Waals surface area contributed by atoms with Crippen molar-refractivity contribution < 1.29 is 0 Å². The number of nitrogens with zero attached hydrogens (tertiary/aromatic N) is 11. The largest absolute Gasteiger partial charge is 0.309 e. The zero-order chi connectivity index (χ0) is 92.4. The Hall–Kier alpha value is -15.9. The van der Waals surface area contributed by atoms with E-state index in [1.54, 1.807) is 0 Å². The summed E-state index contributed by atoms with van der Waals surface area (Å²) in [7, 11) is 0. The van der Waals surface area contributed by atoms with Crippen LogP contribution in [0.3, 0.4) is 0 Å². The summed E-state index contributed by atoms with van der Waals surface area (Å²) in [6.45, 7) is 36.2. The lowest BCUT2D eigenvalue weighted by atomic mass is 9.93. The molecule has 133 heavy (non-hydrogen) atoms. The summed E-state index contributed by atoms with van der Waals surface area (Å²) < 4.78 is 4.76. The van der Waals surface area contributed by atoms with E-state index in [0.717, 1.165) is 50.1 Å². The molecule has 5 aromatic heterocycles. The zero-order valence-electron chi connectivity index (χ0n) is 78.8. The molecule has 0 atom stereocenters. The molecule has 0 spiro atoms. The van der Waals surface area contributed by atoms with Gasteiger partial charge in [0.1, 0.15) is 0 Å². The van der Waals surface area contributed by atoms with Crippen molar-refractivity contribution in [1.82, 2.24) is 54.0 Å². The van der Waals surface area contributed by atoms with Gasteiger partial charge >= 0.3 is 0 Å². The molecule has 11 heteroatoms. The van der Waals surface area contributed by atoms with Crippen molar-refractivity contribution in [2.75, 3.05) is 0 Å². The summed E-state index contributed by atoms with van der Waals surface area (Å²) in [5, 5.41) is 5.20. The molecule has 5 heterocycles. The first kappa shape index (κ1) is 87.8. The Bertz CT molecular complexity index is 7520. The number of hydrogen-bond donors (Lipinski definition) is 0. The predicted octanol–water partition coefficient (Wildman–Crippen LogP) is 31.1. The summed E-state index contributed by atoms with van der Waals surface area (Å²) in [6.07, 6.45) is 0. The fourth-order valence-corrected chi connectivity index (χ4v) is 18.1. The van der Waals surface area contributed by atoms with Crippen molar-refractivity contribution in [3.05, 3.63) is 434 Å². The molecule has 0 aliphatic heterocycles. The molecular formula is C122H107N11. The Morgan fingerprint density at radius 1 is 0.143 bits per heavy atom. The van der Waals surface area contributed by atoms with Gasteiger partial charge in [0, 0.05) is 83.0 Å². The molecule has 16 aromatic carbocycles. The summed E-state index contributed by atoms with van der Waals surface area (Å²) in [5.74, 6) is 6.18. The second-order valence-corrected chi connectivity index (χ2v) is 35.8. The molecule has 21 rings (SSSR count). The molecule has 0 aliphatic rings. The van der Waals surface area contributed by atoms with Crippen LogP contribution in [0.4, 0.5) is 0 Å². The smallest absolute Gasteiger partial charge is 0.164 e. The quantitative estimate of drug-likeness (QED) is 0.111. The van der Waals surface area contributed by atoms with E-state index in [4.69, 9.17) is 44.9 Å². The van der Waals surface area contributed by atoms with Gasteiger partial charge in [-0.3, -0.25) is 0 Å². The SMILES string of the molecule is Cc1ccc(-c2nc(-c3ccc(-c4c(C)cc(C)cc4C)cc3)nc(-c3ccc(-c4c(C)cc(C)cc4C)cc3)n2)cc1.Cc1ccc(-c2nc(-c3ccc(C)c(C)c3)nc(-c3ccc(C)c(C)c3)n2)cc1.Cc1ccc(-c2nc(-c3cccc(C)c3)nc(-c3cccc(C)c3)n2)cc1.Cc1ccc2c(c1)c1ccccc1n2-c1ccc(-n2c3ccccc3c3cc(C)ccc32)cc1. The number of benzene rings is 16. The van der Waals surface area contributed by atoms with Crippen LogP contribution in [-0.4, -0.2) is 54.0 Å². The summed E-state index contributed by atoms with van der Waals surface area (Å²) >= 11 is 0. The second kappa shape index (κ2) is 37.7. The van der Waals surface area contributed by atoms with Crippen LogP contribution < -0.4 is 0 Å². The molecule has 11 nitrogen and oxygen atoms in total. The Balaban J connectivity index is 0.000000121. The molecule has 0 saturated heterocycles. The van der Waals surface area contributed by atoms with Crippen molar-refractivity contribution in [2.45, 2.75) is 118 Å². The van der Waals surface area contributed by atoms with Gasteiger partial charge in [0.15, 0.2) is 52.4 Å². The molecule has 0 fully saturated rings. The number of aromatic nitrogens is 11. The number of fused-ring (bicyclic) bond motifs is 6. The minimum atomic E-state index is 0.666. The van der Waals surface area contributed by atoms with E-state index in [1.165, 1.54) is 172 Å². The van der Waals surface area contributed by atoms with Crippen molar-refractivity contribution in [3.8, 4) is 136 Å². The first-order chi connectivity index (χ1) is 64.3. The Labute approximate surface area is 780 Å². The maximum Gasteiger partial charge on any atom is 0.164 e. The van der Waals surface area contributed by atoms with Crippen LogP contribution in [0.5, 0.6) is 0 Å². The fraction of sp³-hybridized carbons (Fsp3) is 0.139. The fourth-order valence-electron chi connectivity index (χ4n) is 18.1. The summed E-state index contributed by atoms with van der Waals surface area (Å²) in [6, 6.07) is 120. The van der Waals surface area contributed by atoms with Gasteiger partial charge in [-0.15, -0.1) is 0 Å². The molecular weight excluding hydrogens is 1620 g/mol. The van der Waals surface area contributed by atoms with E-state index in [2.05, 4.69) is 442 Å². The molecule has 650 valence electrons. The van der Waals surface area contributed by atoms with Gasteiger partial charge < -0.3 is 9.13 Å². The average Bonchev–Trinajstić information content (AvgIpc) is 1.59. The number of aryl methyl sites for hydroxylation is 17. The highest BCUT2D eigenvalue weighted by Gasteiger charge is 2.22. The standard InChI is InChI=1S/C40H37N3.C32H24N2.C26H25N3.C24H21N3/c1-24-8-10-33(11-9-24)38-41-39(34-16-12-31(13-17-34)36-27(4)20-25(2)21-28(36)5)43-40(42-38)35-18-14-32(15-19-35)37-29(6)22-26(3)23-30(37)7;1-21-11-17-31-27(19-21)25-7-3-5-9-29(25)33(31)23-13-15-24(16-14-23)34-30-10-6-4-8-26(30)28-20-22(2)12-18-32(28)34;1-16-6-10-21(11-7-16)24-27-25(22-12-8-17(2)19(4)14-22)29-26(28-24)23-13-9-18(3)20(5)15-23;1-16-10-12-19(13-11-16)22-25-23(20-8-4-6-17(2)14-20)27-24(26-22)21-9-5-7-18(3)15-21/h8-23H,1-7H3;3-20H,1-2H3;6-15H,1-5H3;4-15H,1-3H3. The third-order valence-electron chi connectivity index (χ3n) is 25.2. The van der Waals surface area contributed by atoms with Crippen LogP contribution in [0.15, 0.2) is 340 Å². The maximum absolute atomic E-state index is 4.99. The highest BCUT2D eigenvalue weighted by Crippen LogP contribution is 2.40.